The first-order chi connectivity index (χ1) is 12.1. The lowest BCUT2D eigenvalue weighted by Crippen LogP contribution is -2.62. The third-order valence-electron chi connectivity index (χ3n) is 5.17. The lowest BCUT2D eigenvalue weighted by atomic mass is 9.91. The van der Waals surface area contributed by atoms with Crippen LogP contribution in [0.3, 0.4) is 0 Å². The van der Waals surface area contributed by atoms with E-state index in [4.69, 9.17) is 0 Å². The zero-order valence-electron chi connectivity index (χ0n) is 14.6. The van der Waals surface area contributed by atoms with E-state index in [1.807, 2.05) is 13.0 Å². The molecule has 6 heteroatoms. The summed E-state index contributed by atoms with van der Waals surface area (Å²) in [5.74, 6) is 0.288. The minimum atomic E-state index is -0.386. The highest BCUT2D eigenvalue weighted by Gasteiger charge is 2.38. The average Bonchev–Trinajstić information content (AvgIpc) is 2.60. The smallest absolute Gasteiger partial charge is 0.269 e. The number of hydrogen-bond acceptors (Lipinski definition) is 4. The quantitative estimate of drug-likeness (QED) is 0.609. The number of fused-ring (bicyclic) bond motifs is 2. The number of carbonyl (C=O) groups excluding carboxylic acids is 1. The number of carbonyl (C=O) groups is 1. The van der Waals surface area contributed by atoms with Crippen molar-refractivity contribution in [1.29, 1.82) is 0 Å². The summed E-state index contributed by atoms with van der Waals surface area (Å²) < 4.78 is 0. The molecule has 1 aromatic carbocycles. The maximum atomic E-state index is 12.2. The Labute approximate surface area is 148 Å². The number of nitro benzene ring substituents is 1. The van der Waals surface area contributed by atoms with Crippen molar-refractivity contribution in [1.82, 2.24) is 9.80 Å². The fourth-order valence-electron chi connectivity index (χ4n) is 3.98. The van der Waals surface area contributed by atoms with Crippen LogP contribution in [-0.2, 0) is 4.79 Å². The highest BCUT2D eigenvalue weighted by molar-refractivity contribution is 5.76. The number of nitrogens with zero attached hydrogens (tertiary/aromatic N) is 3. The predicted octanol–water partition coefficient (Wildman–Crippen LogP) is 3.08. The summed E-state index contributed by atoms with van der Waals surface area (Å²) in [5, 5.41) is 10.7. The van der Waals surface area contributed by atoms with Crippen LogP contribution in [0.5, 0.6) is 0 Å². The Morgan fingerprint density at radius 1 is 1.24 bits per heavy atom. The van der Waals surface area contributed by atoms with Gasteiger partial charge in [0.05, 0.1) is 4.92 Å². The van der Waals surface area contributed by atoms with E-state index in [0.717, 1.165) is 38.0 Å². The minimum Gasteiger partial charge on any atom is -0.334 e. The van der Waals surface area contributed by atoms with Crippen LogP contribution in [0.4, 0.5) is 5.69 Å². The van der Waals surface area contributed by atoms with Crippen molar-refractivity contribution >= 4 is 17.7 Å². The molecule has 0 aliphatic carbocycles. The van der Waals surface area contributed by atoms with Crippen LogP contribution in [-0.4, -0.2) is 52.3 Å². The number of amides is 1. The number of piperidine rings is 1. The molecule has 2 saturated heterocycles. The van der Waals surface area contributed by atoms with Crippen molar-refractivity contribution in [3.8, 4) is 0 Å². The van der Waals surface area contributed by atoms with E-state index in [9.17, 15) is 14.9 Å². The monoisotopic (exact) mass is 343 g/mol. The van der Waals surface area contributed by atoms with E-state index in [0.29, 0.717) is 18.5 Å². The molecule has 1 aromatic rings. The van der Waals surface area contributed by atoms with Gasteiger partial charge in [-0.3, -0.25) is 19.8 Å². The zero-order valence-corrected chi connectivity index (χ0v) is 14.6. The molecule has 2 fully saturated rings. The van der Waals surface area contributed by atoms with Crippen molar-refractivity contribution in [3.05, 3.63) is 46.0 Å². The molecule has 1 amide bonds. The third-order valence-corrected chi connectivity index (χ3v) is 5.17. The number of nitro groups is 1. The van der Waals surface area contributed by atoms with E-state index in [-0.39, 0.29) is 16.5 Å². The lowest BCUT2D eigenvalue weighted by Gasteiger charge is -2.50. The number of piperazine rings is 1. The fraction of sp³-hybridized carbons (Fsp3) is 0.526. The van der Waals surface area contributed by atoms with Gasteiger partial charge in [0.25, 0.3) is 5.69 Å². The van der Waals surface area contributed by atoms with Crippen LogP contribution in [0, 0.1) is 10.1 Å². The van der Waals surface area contributed by atoms with Crippen LogP contribution in [0.15, 0.2) is 30.3 Å². The van der Waals surface area contributed by atoms with Crippen LogP contribution in [0.25, 0.3) is 6.08 Å². The number of benzene rings is 1. The highest BCUT2D eigenvalue weighted by atomic mass is 16.6. The Bertz CT molecular complexity index is 642. The summed E-state index contributed by atoms with van der Waals surface area (Å²) in [6.07, 6.45) is 8.12. The summed E-state index contributed by atoms with van der Waals surface area (Å²) >= 11 is 0. The van der Waals surface area contributed by atoms with Gasteiger partial charge in [0.1, 0.15) is 0 Å². The second kappa shape index (κ2) is 7.78. The molecule has 25 heavy (non-hydrogen) atoms. The van der Waals surface area contributed by atoms with Gasteiger partial charge in [-0.2, -0.15) is 0 Å². The molecule has 2 heterocycles. The maximum Gasteiger partial charge on any atom is 0.269 e. The normalized spacial score (nSPS) is 23.8. The van der Waals surface area contributed by atoms with Crippen molar-refractivity contribution in [3.63, 3.8) is 0 Å². The Kier molecular flexibility index (Phi) is 5.48. The van der Waals surface area contributed by atoms with Gasteiger partial charge in [0.2, 0.25) is 5.91 Å². The molecule has 0 N–H and O–H groups in total. The maximum absolute atomic E-state index is 12.2. The molecule has 0 unspecified atom stereocenters. The molecule has 0 radical (unpaired) electrons. The number of rotatable bonds is 5. The van der Waals surface area contributed by atoms with Gasteiger partial charge in [-0.25, -0.2) is 0 Å². The van der Waals surface area contributed by atoms with Gasteiger partial charge in [-0.15, -0.1) is 0 Å². The summed E-state index contributed by atoms with van der Waals surface area (Å²) in [5.41, 5.74) is 1.08. The van der Waals surface area contributed by atoms with Crippen molar-refractivity contribution in [2.75, 3.05) is 19.6 Å². The molecule has 0 spiro atoms. The van der Waals surface area contributed by atoms with E-state index >= 15 is 0 Å². The highest BCUT2D eigenvalue weighted by Crippen LogP contribution is 2.29. The van der Waals surface area contributed by atoms with Gasteiger partial charge >= 0.3 is 0 Å². The van der Waals surface area contributed by atoms with Crippen molar-refractivity contribution < 1.29 is 9.72 Å². The summed E-state index contributed by atoms with van der Waals surface area (Å²) in [7, 11) is 0. The fourth-order valence-corrected chi connectivity index (χ4v) is 3.98. The molecule has 0 saturated carbocycles. The largest absolute Gasteiger partial charge is 0.334 e. The molecule has 134 valence electrons. The van der Waals surface area contributed by atoms with E-state index in [1.165, 1.54) is 18.6 Å². The van der Waals surface area contributed by atoms with Crippen LogP contribution in [0.1, 0.15) is 38.2 Å². The van der Waals surface area contributed by atoms with Crippen LogP contribution >= 0.6 is 0 Å². The SMILES string of the molecule is CCC(=O)N1[C@@H]2CCC[C@H]1CN(C/C=C/c1ccc([N+](=O)[O-])cc1)C2. The molecular formula is C19H25N3O3. The minimum absolute atomic E-state index is 0.113. The first-order valence-electron chi connectivity index (χ1n) is 9.03. The summed E-state index contributed by atoms with van der Waals surface area (Å²) in [6.45, 7) is 4.66. The van der Waals surface area contributed by atoms with Gasteiger partial charge in [0, 0.05) is 50.3 Å². The second-order valence-corrected chi connectivity index (χ2v) is 6.86. The third kappa shape index (κ3) is 4.07. The summed E-state index contributed by atoms with van der Waals surface area (Å²) in [4.78, 5) is 27.1. The topological polar surface area (TPSA) is 66.7 Å². The van der Waals surface area contributed by atoms with Crippen LogP contribution < -0.4 is 0 Å². The van der Waals surface area contributed by atoms with E-state index in [1.54, 1.807) is 12.1 Å². The molecule has 3 rings (SSSR count). The van der Waals surface area contributed by atoms with Crippen LogP contribution in [0.2, 0.25) is 0 Å². The number of non-ortho nitro benzene ring substituents is 1. The first kappa shape index (κ1) is 17.6. The zero-order chi connectivity index (χ0) is 17.8. The Hall–Kier alpha value is -2.21. The lowest BCUT2D eigenvalue weighted by molar-refractivity contribution is -0.384. The summed E-state index contributed by atoms with van der Waals surface area (Å²) in [6, 6.07) is 7.29. The predicted molar refractivity (Wildman–Crippen MR) is 97.1 cm³/mol. The van der Waals surface area contributed by atoms with Crippen molar-refractivity contribution in [2.24, 2.45) is 0 Å². The molecule has 2 bridgehead atoms. The van der Waals surface area contributed by atoms with Gasteiger partial charge in [-0.05, 0) is 37.0 Å². The average molecular weight is 343 g/mol. The van der Waals surface area contributed by atoms with Crippen molar-refractivity contribution in [2.45, 2.75) is 44.7 Å². The van der Waals surface area contributed by atoms with Gasteiger partial charge < -0.3 is 4.90 Å². The first-order valence-corrected chi connectivity index (χ1v) is 9.03. The molecule has 0 aromatic heterocycles. The Morgan fingerprint density at radius 3 is 2.44 bits per heavy atom. The number of hydrogen-bond donors (Lipinski definition) is 0. The molecule has 2 aliphatic rings. The second-order valence-electron chi connectivity index (χ2n) is 6.86. The van der Waals surface area contributed by atoms with Gasteiger partial charge in [-0.1, -0.05) is 19.1 Å². The standard InChI is InChI=1S/C19H25N3O3/c1-2-19(23)21-17-6-3-7-18(21)14-20(13-17)12-4-5-15-8-10-16(11-9-15)22(24)25/h4-5,8-11,17-18H,2-3,6-7,12-14H2,1H3/b5-4+/t17-,18+. The van der Waals surface area contributed by atoms with Gasteiger partial charge in [0.15, 0.2) is 0 Å². The molecular weight excluding hydrogens is 318 g/mol. The Balaban J connectivity index is 1.57. The number of likely N-dealkylation sites (tertiary alicyclic amines) is 1. The molecule has 6 nitrogen and oxygen atoms in total. The molecule has 2 aliphatic heterocycles. The molecule has 2 atom stereocenters. The Morgan fingerprint density at radius 2 is 1.88 bits per heavy atom. The van der Waals surface area contributed by atoms with E-state index < -0.39 is 0 Å². The van der Waals surface area contributed by atoms with E-state index in [2.05, 4.69) is 15.9 Å².